The minimum Gasteiger partial charge on any atom is -0.325 e. The molecule has 3 aromatic rings. The van der Waals surface area contributed by atoms with Crippen LogP contribution in [0, 0.1) is 5.82 Å². The Balaban J connectivity index is 1.91. The van der Waals surface area contributed by atoms with Gasteiger partial charge in [0.05, 0.1) is 16.3 Å². The number of nitrogens with zero attached hydrogens (tertiary/aromatic N) is 2. The Morgan fingerprint density at radius 3 is 2.33 bits per heavy atom. The van der Waals surface area contributed by atoms with E-state index in [9.17, 15) is 22.4 Å². The van der Waals surface area contributed by atoms with E-state index >= 15 is 0 Å². The van der Waals surface area contributed by atoms with Gasteiger partial charge in [-0.25, -0.2) is 9.18 Å². The Labute approximate surface area is 212 Å². The van der Waals surface area contributed by atoms with Gasteiger partial charge in [0.25, 0.3) is 0 Å². The molecule has 1 fully saturated rings. The van der Waals surface area contributed by atoms with E-state index in [-0.39, 0.29) is 23.7 Å². The standard InChI is InChI=1S/C27H26ClF4N3O/c1-35(23-9-5-6-10-23)25(36)34-26(16-18-7-3-2-4-8-18,24-12-11-21(28)17-33-24)19-13-20(27(30,31)32)15-22(29)14-19/h2-4,7-8,11-15,17,23H,5-6,9-10,16H2,1H3,(H,34,36). The zero-order valence-electron chi connectivity index (χ0n) is 19.7. The Morgan fingerprint density at radius 2 is 1.72 bits per heavy atom. The minimum absolute atomic E-state index is 0.0100. The molecule has 1 heterocycles. The summed E-state index contributed by atoms with van der Waals surface area (Å²) in [5.41, 5.74) is -1.87. The van der Waals surface area contributed by atoms with Gasteiger partial charge in [0.1, 0.15) is 11.4 Å². The maximum Gasteiger partial charge on any atom is 0.416 e. The molecule has 1 atom stereocenters. The topological polar surface area (TPSA) is 45.2 Å². The van der Waals surface area contributed by atoms with E-state index in [1.54, 1.807) is 48.3 Å². The molecule has 1 saturated carbocycles. The van der Waals surface area contributed by atoms with Gasteiger partial charge in [-0.1, -0.05) is 54.8 Å². The number of benzene rings is 2. The molecule has 2 amide bonds. The summed E-state index contributed by atoms with van der Waals surface area (Å²) in [6.07, 6.45) is 0.276. The lowest BCUT2D eigenvalue weighted by atomic mass is 9.79. The maximum atomic E-state index is 14.7. The van der Waals surface area contributed by atoms with Crippen molar-refractivity contribution in [3.05, 3.63) is 100 Å². The Morgan fingerprint density at radius 1 is 1.06 bits per heavy atom. The van der Waals surface area contributed by atoms with Crippen LogP contribution in [0.3, 0.4) is 0 Å². The quantitative estimate of drug-likeness (QED) is 0.358. The van der Waals surface area contributed by atoms with Gasteiger partial charge in [-0.05, 0) is 54.3 Å². The van der Waals surface area contributed by atoms with Gasteiger partial charge >= 0.3 is 12.2 Å². The molecule has 2 aromatic carbocycles. The summed E-state index contributed by atoms with van der Waals surface area (Å²) in [6.45, 7) is 0. The number of nitrogens with one attached hydrogen (secondary N) is 1. The molecule has 9 heteroatoms. The number of aromatic nitrogens is 1. The smallest absolute Gasteiger partial charge is 0.325 e. The summed E-state index contributed by atoms with van der Waals surface area (Å²) in [6, 6.07) is 13.9. The third kappa shape index (κ3) is 5.64. The molecular weight excluding hydrogens is 494 g/mol. The Hall–Kier alpha value is -3.13. The van der Waals surface area contributed by atoms with E-state index in [4.69, 9.17) is 11.6 Å². The second-order valence-electron chi connectivity index (χ2n) is 9.14. The van der Waals surface area contributed by atoms with Gasteiger partial charge in [-0.3, -0.25) is 4.98 Å². The van der Waals surface area contributed by atoms with E-state index in [0.717, 1.165) is 43.4 Å². The van der Waals surface area contributed by atoms with Crippen molar-refractivity contribution in [3.8, 4) is 0 Å². The van der Waals surface area contributed by atoms with Gasteiger partial charge in [-0.15, -0.1) is 0 Å². The molecule has 36 heavy (non-hydrogen) atoms. The fourth-order valence-corrected chi connectivity index (χ4v) is 4.89. The molecule has 1 aromatic heterocycles. The predicted octanol–water partition coefficient (Wildman–Crippen LogP) is 6.96. The van der Waals surface area contributed by atoms with Crippen molar-refractivity contribution in [2.45, 2.75) is 49.9 Å². The number of hydrogen-bond acceptors (Lipinski definition) is 2. The first-order valence-corrected chi connectivity index (χ1v) is 12.1. The highest BCUT2D eigenvalue weighted by atomic mass is 35.5. The molecule has 1 unspecified atom stereocenters. The van der Waals surface area contributed by atoms with E-state index in [1.165, 1.54) is 6.20 Å². The Kier molecular flexibility index (Phi) is 7.54. The molecule has 1 N–H and O–H groups in total. The molecule has 4 rings (SSSR count). The number of halogens is 5. The minimum atomic E-state index is -4.78. The van der Waals surface area contributed by atoms with Crippen LogP contribution in [0.15, 0.2) is 66.9 Å². The molecule has 4 nitrogen and oxygen atoms in total. The van der Waals surface area contributed by atoms with Crippen LogP contribution >= 0.6 is 11.6 Å². The van der Waals surface area contributed by atoms with Crippen LogP contribution in [0.4, 0.5) is 22.4 Å². The summed E-state index contributed by atoms with van der Waals surface area (Å²) in [7, 11) is 1.67. The molecule has 0 radical (unpaired) electrons. The summed E-state index contributed by atoms with van der Waals surface area (Å²) < 4.78 is 55.8. The van der Waals surface area contributed by atoms with Crippen LogP contribution in [-0.4, -0.2) is 29.0 Å². The summed E-state index contributed by atoms with van der Waals surface area (Å²) in [4.78, 5) is 19.5. The van der Waals surface area contributed by atoms with Gasteiger partial charge in [0.15, 0.2) is 0 Å². The number of hydrogen-bond donors (Lipinski definition) is 1. The first-order chi connectivity index (χ1) is 17.1. The number of carbonyl (C=O) groups is 1. The lowest BCUT2D eigenvalue weighted by molar-refractivity contribution is -0.137. The van der Waals surface area contributed by atoms with E-state index < -0.39 is 29.1 Å². The zero-order valence-corrected chi connectivity index (χ0v) is 20.4. The highest BCUT2D eigenvalue weighted by Gasteiger charge is 2.42. The lowest BCUT2D eigenvalue weighted by Gasteiger charge is -2.38. The molecule has 1 aliphatic rings. The average Bonchev–Trinajstić information content (AvgIpc) is 3.38. The first kappa shape index (κ1) is 25.9. The van der Waals surface area contributed by atoms with Gasteiger partial charge in [0, 0.05) is 25.7 Å². The van der Waals surface area contributed by atoms with Crippen LogP contribution in [0.5, 0.6) is 0 Å². The first-order valence-electron chi connectivity index (χ1n) is 11.7. The average molecular weight is 520 g/mol. The molecule has 0 aliphatic heterocycles. The van der Waals surface area contributed by atoms with Crippen molar-refractivity contribution in [1.29, 1.82) is 0 Å². The van der Waals surface area contributed by atoms with Gasteiger partial charge < -0.3 is 10.2 Å². The molecule has 0 bridgehead atoms. The van der Waals surface area contributed by atoms with Crippen molar-refractivity contribution in [3.63, 3.8) is 0 Å². The number of pyridine rings is 1. The molecule has 0 saturated heterocycles. The fraction of sp³-hybridized carbons (Fsp3) is 0.333. The summed E-state index contributed by atoms with van der Waals surface area (Å²) in [5.74, 6) is -1.07. The van der Waals surface area contributed by atoms with E-state index in [1.807, 2.05) is 6.07 Å². The van der Waals surface area contributed by atoms with Gasteiger partial charge in [-0.2, -0.15) is 13.2 Å². The van der Waals surface area contributed by atoms with E-state index in [2.05, 4.69) is 10.3 Å². The van der Waals surface area contributed by atoms with Crippen molar-refractivity contribution >= 4 is 17.6 Å². The van der Waals surface area contributed by atoms with Crippen molar-refractivity contribution in [1.82, 2.24) is 15.2 Å². The number of rotatable bonds is 6. The Bertz CT molecular complexity index is 1200. The van der Waals surface area contributed by atoms with Crippen LogP contribution in [0.1, 0.15) is 48.1 Å². The van der Waals surface area contributed by atoms with Crippen LogP contribution in [0.25, 0.3) is 0 Å². The third-order valence-corrected chi connectivity index (χ3v) is 6.93. The van der Waals surface area contributed by atoms with E-state index in [0.29, 0.717) is 11.1 Å². The number of alkyl halides is 3. The predicted molar refractivity (Wildman–Crippen MR) is 130 cm³/mol. The highest BCUT2D eigenvalue weighted by molar-refractivity contribution is 6.30. The number of urea groups is 1. The normalized spacial score (nSPS) is 15.9. The summed E-state index contributed by atoms with van der Waals surface area (Å²) >= 11 is 6.05. The van der Waals surface area contributed by atoms with Crippen molar-refractivity contribution in [2.24, 2.45) is 0 Å². The van der Waals surface area contributed by atoms with Crippen molar-refractivity contribution in [2.75, 3.05) is 7.05 Å². The molecular formula is C27H26ClF4N3O. The second kappa shape index (κ2) is 10.5. The zero-order chi connectivity index (χ0) is 25.9. The molecule has 0 spiro atoms. The van der Waals surface area contributed by atoms with Crippen LogP contribution < -0.4 is 5.32 Å². The fourth-order valence-electron chi connectivity index (χ4n) is 4.78. The number of amides is 2. The lowest BCUT2D eigenvalue weighted by Crippen LogP contribution is -2.54. The molecule has 190 valence electrons. The largest absolute Gasteiger partial charge is 0.416 e. The third-order valence-electron chi connectivity index (χ3n) is 6.71. The maximum absolute atomic E-state index is 14.7. The number of carbonyl (C=O) groups excluding carboxylic acids is 1. The highest BCUT2D eigenvalue weighted by Crippen LogP contribution is 2.38. The summed E-state index contributed by atoms with van der Waals surface area (Å²) in [5, 5.41) is 3.28. The van der Waals surface area contributed by atoms with Gasteiger partial charge in [0.2, 0.25) is 0 Å². The van der Waals surface area contributed by atoms with Crippen molar-refractivity contribution < 1.29 is 22.4 Å². The SMILES string of the molecule is CN(C(=O)NC(Cc1ccccc1)(c1cc(F)cc(C(F)(F)F)c1)c1ccc(Cl)cn1)C1CCCC1. The second-order valence-corrected chi connectivity index (χ2v) is 9.57. The monoisotopic (exact) mass is 519 g/mol. The molecule has 1 aliphatic carbocycles. The van der Waals surface area contributed by atoms with Crippen LogP contribution in [-0.2, 0) is 18.1 Å². The van der Waals surface area contributed by atoms with Crippen LogP contribution in [0.2, 0.25) is 5.02 Å².